The maximum absolute atomic E-state index is 11.9. The Hall–Kier alpha value is -2.17. The molecule has 0 spiro atoms. The number of hydrogen-bond donors (Lipinski definition) is 1. The number of β-lactam (4-membered cyclic amide) rings is 1. The zero-order valence-electron chi connectivity index (χ0n) is 13.3. The molecule has 2 rings (SSSR count). The molecule has 22 heavy (non-hydrogen) atoms. The number of nitrogens with zero attached hydrogens (tertiary/aromatic N) is 1. The van der Waals surface area contributed by atoms with E-state index < -0.39 is 5.41 Å². The van der Waals surface area contributed by atoms with Crippen molar-refractivity contribution < 1.29 is 14.4 Å². The second-order valence-electron chi connectivity index (χ2n) is 6.59. The van der Waals surface area contributed by atoms with Gasteiger partial charge in [-0.15, -0.1) is 0 Å². The van der Waals surface area contributed by atoms with Crippen molar-refractivity contribution in [3.63, 3.8) is 0 Å². The Kier molecular flexibility index (Phi) is 4.64. The molecule has 5 heteroatoms. The average molecular weight is 302 g/mol. The van der Waals surface area contributed by atoms with Crippen LogP contribution in [0.5, 0.6) is 0 Å². The van der Waals surface area contributed by atoms with Crippen LogP contribution in [0.15, 0.2) is 24.3 Å². The van der Waals surface area contributed by atoms with Crippen LogP contribution in [0, 0.1) is 5.41 Å². The molecule has 0 aromatic heterocycles. The second-order valence-corrected chi connectivity index (χ2v) is 6.59. The number of carbonyl (C=O) groups is 3. The molecule has 1 aromatic rings. The molecule has 0 radical (unpaired) electrons. The van der Waals surface area contributed by atoms with Crippen molar-refractivity contribution in [3.05, 3.63) is 29.8 Å². The van der Waals surface area contributed by atoms with Crippen molar-refractivity contribution in [1.29, 1.82) is 0 Å². The fourth-order valence-corrected chi connectivity index (χ4v) is 2.04. The number of carbonyl (C=O) groups excluding carboxylic acids is 3. The van der Waals surface area contributed by atoms with E-state index in [0.717, 1.165) is 11.3 Å². The van der Waals surface area contributed by atoms with Crippen LogP contribution in [-0.2, 0) is 20.8 Å². The number of benzene rings is 1. The number of anilines is 1. The van der Waals surface area contributed by atoms with Gasteiger partial charge < -0.3 is 5.32 Å². The molecule has 0 bridgehead atoms. The minimum absolute atomic E-state index is 0.0354. The lowest BCUT2D eigenvalue weighted by Crippen LogP contribution is -2.47. The monoisotopic (exact) mass is 302 g/mol. The van der Waals surface area contributed by atoms with Crippen molar-refractivity contribution in [2.75, 3.05) is 11.9 Å². The second kappa shape index (κ2) is 6.30. The summed E-state index contributed by atoms with van der Waals surface area (Å²) in [6.07, 6.45) is 1.41. The third kappa shape index (κ3) is 3.93. The van der Waals surface area contributed by atoms with Crippen LogP contribution in [0.2, 0.25) is 0 Å². The SMILES string of the molecule is CC(C)(C)C(=O)Nc1ccc(CCC(=O)N2CCC2=O)cc1. The van der Waals surface area contributed by atoms with E-state index in [1.54, 1.807) is 0 Å². The van der Waals surface area contributed by atoms with Gasteiger partial charge in [-0.25, -0.2) is 0 Å². The molecule has 1 fully saturated rings. The van der Waals surface area contributed by atoms with Crippen LogP contribution in [0.1, 0.15) is 39.2 Å². The van der Waals surface area contributed by atoms with Gasteiger partial charge in [-0.1, -0.05) is 32.9 Å². The molecule has 0 saturated carbocycles. The Morgan fingerprint density at radius 3 is 2.27 bits per heavy atom. The fraction of sp³-hybridized carbons (Fsp3) is 0.471. The van der Waals surface area contributed by atoms with E-state index in [1.807, 2.05) is 45.0 Å². The Labute approximate surface area is 130 Å². The van der Waals surface area contributed by atoms with Gasteiger partial charge >= 0.3 is 0 Å². The summed E-state index contributed by atoms with van der Waals surface area (Å²) in [6, 6.07) is 7.45. The highest BCUT2D eigenvalue weighted by atomic mass is 16.2. The average Bonchev–Trinajstić information content (AvgIpc) is 2.44. The van der Waals surface area contributed by atoms with Gasteiger partial charge in [-0.2, -0.15) is 0 Å². The zero-order chi connectivity index (χ0) is 16.3. The first-order chi connectivity index (χ1) is 10.3. The molecule has 1 aliphatic heterocycles. The molecule has 1 saturated heterocycles. The van der Waals surface area contributed by atoms with Crippen LogP contribution in [0.3, 0.4) is 0 Å². The minimum Gasteiger partial charge on any atom is -0.326 e. The van der Waals surface area contributed by atoms with Crippen molar-refractivity contribution >= 4 is 23.4 Å². The molecule has 0 aliphatic carbocycles. The van der Waals surface area contributed by atoms with Crippen molar-refractivity contribution in [3.8, 4) is 0 Å². The molecule has 1 aliphatic rings. The third-order valence-electron chi connectivity index (χ3n) is 3.67. The summed E-state index contributed by atoms with van der Waals surface area (Å²) in [5, 5.41) is 2.86. The van der Waals surface area contributed by atoms with Gasteiger partial charge in [0.05, 0.1) is 0 Å². The molecule has 1 aromatic carbocycles. The van der Waals surface area contributed by atoms with Crippen molar-refractivity contribution in [2.45, 2.75) is 40.0 Å². The zero-order valence-corrected chi connectivity index (χ0v) is 13.3. The van der Waals surface area contributed by atoms with Gasteiger partial charge in [0, 0.05) is 30.5 Å². The van der Waals surface area contributed by atoms with E-state index in [4.69, 9.17) is 0 Å². The first-order valence-corrected chi connectivity index (χ1v) is 7.51. The first-order valence-electron chi connectivity index (χ1n) is 7.51. The summed E-state index contributed by atoms with van der Waals surface area (Å²) in [5.74, 6) is -0.224. The normalized spacial score (nSPS) is 14.5. The van der Waals surface area contributed by atoms with Crippen LogP contribution >= 0.6 is 0 Å². The maximum atomic E-state index is 11.9. The van der Waals surface area contributed by atoms with Gasteiger partial charge in [0.25, 0.3) is 0 Å². The predicted molar refractivity (Wildman–Crippen MR) is 84.2 cm³/mol. The van der Waals surface area contributed by atoms with Gasteiger partial charge in [-0.3, -0.25) is 19.3 Å². The van der Waals surface area contributed by atoms with E-state index in [0.29, 0.717) is 25.8 Å². The van der Waals surface area contributed by atoms with Gasteiger partial charge in [0.1, 0.15) is 0 Å². The summed E-state index contributed by atoms with van der Waals surface area (Å²) in [7, 11) is 0. The molecule has 0 unspecified atom stereocenters. The summed E-state index contributed by atoms with van der Waals surface area (Å²) in [6.45, 7) is 6.13. The van der Waals surface area contributed by atoms with E-state index in [9.17, 15) is 14.4 Å². The maximum Gasteiger partial charge on any atom is 0.230 e. The van der Waals surface area contributed by atoms with Gasteiger partial charge in [0.2, 0.25) is 17.7 Å². The van der Waals surface area contributed by atoms with Gasteiger partial charge in [0.15, 0.2) is 0 Å². The van der Waals surface area contributed by atoms with E-state index in [2.05, 4.69) is 5.32 Å². The molecular weight excluding hydrogens is 280 g/mol. The highest BCUT2D eigenvalue weighted by Crippen LogP contribution is 2.18. The van der Waals surface area contributed by atoms with E-state index in [1.165, 1.54) is 4.90 Å². The Morgan fingerprint density at radius 1 is 1.18 bits per heavy atom. The lowest BCUT2D eigenvalue weighted by atomic mass is 9.95. The highest BCUT2D eigenvalue weighted by Gasteiger charge is 2.29. The van der Waals surface area contributed by atoms with E-state index >= 15 is 0 Å². The number of hydrogen-bond acceptors (Lipinski definition) is 3. The smallest absolute Gasteiger partial charge is 0.230 e. The summed E-state index contributed by atoms with van der Waals surface area (Å²) in [4.78, 5) is 36.1. The van der Waals surface area contributed by atoms with Crippen molar-refractivity contribution in [1.82, 2.24) is 4.90 Å². The number of nitrogens with one attached hydrogen (secondary N) is 1. The number of likely N-dealkylation sites (tertiary alicyclic amines) is 1. The van der Waals surface area contributed by atoms with Crippen LogP contribution in [0.25, 0.3) is 0 Å². The summed E-state index contributed by atoms with van der Waals surface area (Å²) >= 11 is 0. The van der Waals surface area contributed by atoms with Gasteiger partial charge in [-0.05, 0) is 24.1 Å². The molecule has 1 N–H and O–H groups in total. The molecule has 5 nitrogen and oxygen atoms in total. The van der Waals surface area contributed by atoms with E-state index in [-0.39, 0.29) is 17.7 Å². The highest BCUT2D eigenvalue weighted by molar-refractivity contribution is 5.99. The van der Waals surface area contributed by atoms with Crippen LogP contribution < -0.4 is 5.32 Å². The number of rotatable bonds is 4. The number of imide groups is 1. The van der Waals surface area contributed by atoms with Crippen molar-refractivity contribution in [2.24, 2.45) is 5.41 Å². The molecule has 1 heterocycles. The fourth-order valence-electron chi connectivity index (χ4n) is 2.04. The Morgan fingerprint density at radius 2 is 1.82 bits per heavy atom. The largest absolute Gasteiger partial charge is 0.326 e. The lowest BCUT2D eigenvalue weighted by molar-refractivity contribution is -0.152. The summed E-state index contributed by atoms with van der Waals surface area (Å²) < 4.78 is 0. The molecule has 118 valence electrons. The predicted octanol–water partition coefficient (Wildman–Crippen LogP) is 2.36. The molecular formula is C17H22N2O3. The Balaban J connectivity index is 1.85. The van der Waals surface area contributed by atoms with Crippen LogP contribution in [0.4, 0.5) is 5.69 Å². The quantitative estimate of drug-likeness (QED) is 0.868. The number of amides is 3. The first kappa shape index (κ1) is 16.2. The van der Waals surface area contributed by atoms with Crippen LogP contribution in [-0.4, -0.2) is 29.2 Å². The third-order valence-corrected chi connectivity index (χ3v) is 3.67. The minimum atomic E-state index is -0.436. The topological polar surface area (TPSA) is 66.5 Å². The molecule has 3 amide bonds. The standard InChI is InChI=1S/C17H22N2O3/c1-17(2,3)16(22)18-13-7-4-12(5-8-13)6-9-14(20)19-11-10-15(19)21/h4-5,7-8H,6,9-11H2,1-3H3,(H,18,22). The Bertz CT molecular complexity index is 585. The lowest BCUT2D eigenvalue weighted by Gasteiger charge is -2.28. The molecule has 0 atom stereocenters. The number of aryl methyl sites for hydroxylation is 1. The summed E-state index contributed by atoms with van der Waals surface area (Å²) in [5.41, 5.74) is 1.32.